The summed E-state index contributed by atoms with van der Waals surface area (Å²) in [5.74, 6) is 0.968. The Labute approximate surface area is 101 Å². The van der Waals surface area contributed by atoms with Crippen molar-refractivity contribution in [1.82, 2.24) is 9.36 Å². The summed E-state index contributed by atoms with van der Waals surface area (Å²) in [6, 6.07) is 0.527. The third-order valence-corrected chi connectivity index (χ3v) is 3.45. The fourth-order valence-electron chi connectivity index (χ4n) is 1.87. The summed E-state index contributed by atoms with van der Waals surface area (Å²) < 4.78 is 9.83. The average Bonchev–Trinajstić information content (AvgIpc) is 2.63. The highest BCUT2D eigenvalue weighted by molar-refractivity contribution is 7.09. The lowest BCUT2D eigenvalue weighted by Gasteiger charge is -2.35. The minimum Gasteiger partial charge on any atom is -0.378 e. The summed E-state index contributed by atoms with van der Waals surface area (Å²) in [4.78, 5) is 4.45. The van der Waals surface area contributed by atoms with Gasteiger partial charge in [0, 0.05) is 30.6 Å². The quantitative estimate of drug-likeness (QED) is 0.831. The minimum atomic E-state index is 0.450. The van der Waals surface area contributed by atoms with Crippen molar-refractivity contribution in [1.29, 1.82) is 0 Å². The third kappa shape index (κ3) is 2.92. The molecule has 5 heteroatoms. The summed E-state index contributed by atoms with van der Waals surface area (Å²) in [6.45, 7) is 5.01. The number of anilines is 1. The molecule has 90 valence electrons. The number of aromatic nitrogens is 2. The van der Waals surface area contributed by atoms with Crippen molar-refractivity contribution in [2.24, 2.45) is 0 Å². The minimum absolute atomic E-state index is 0.450. The zero-order valence-corrected chi connectivity index (χ0v) is 10.7. The highest BCUT2D eigenvalue weighted by atomic mass is 32.1. The molecule has 1 N–H and O–H groups in total. The lowest BCUT2D eigenvalue weighted by molar-refractivity contribution is 0.00299. The second-order valence-corrected chi connectivity index (χ2v) is 4.91. The van der Waals surface area contributed by atoms with Crippen molar-refractivity contribution >= 4 is 16.7 Å². The van der Waals surface area contributed by atoms with E-state index >= 15 is 0 Å². The number of ether oxygens (including phenoxy) is 1. The van der Waals surface area contributed by atoms with Gasteiger partial charge >= 0.3 is 0 Å². The topological polar surface area (TPSA) is 47.0 Å². The summed E-state index contributed by atoms with van der Waals surface area (Å²) in [7, 11) is 0. The van der Waals surface area contributed by atoms with Crippen LogP contribution in [-0.2, 0) is 11.2 Å². The van der Waals surface area contributed by atoms with Crippen LogP contribution >= 0.6 is 11.5 Å². The van der Waals surface area contributed by atoms with Crippen molar-refractivity contribution in [2.75, 3.05) is 11.9 Å². The molecule has 2 rings (SSSR count). The molecule has 0 aromatic carbocycles. The van der Waals surface area contributed by atoms with E-state index in [2.05, 4.69) is 21.6 Å². The first-order valence-corrected chi connectivity index (χ1v) is 6.79. The van der Waals surface area contributed by atoms with Gasteiger partial charge in [-0.15, -0.1) is 0 Å². The van der Waals surface area contributed by atoms with E-state index < -0.39 is 0 Å². The molecular weight excluding hydrogens is 222 g/mol. The third-order valence-electron chi connectivity index (χ3n) is 2.77. The predicted octanol–water partition coefficient (Wildman–Crippen LogP) is 2.47. The van der Waals surface area contributed by atoms with Crippen molar-refractivity contribution < 1.29 is 4.74 Å². The molecule has 0 aliphatic heterocycles. The molecular formula is C11H19N3OS. The smallest absolute Gasteiger partial charge is 0.202 e. The standard InChI is InChI=1S/C11H19N3OS/c1-3-5-10-13-11(16-14-10)12-8-6-9(7-8)15-4-2/h8-9H,3-7H2,1-2H3,(H,12,13,14). The summed E-state index contributed by atoms with van der Waals surface area (Å²) in [5.41, 5.74) is 0. The first-order valence-electron chi connectivity index (χ1n) is 6.02. The van der Waals surface area contributed by atoms with Gasteiger partial charge in [0.1, 0.15) is 5.82 Å². The highest BCUT2D eigenvalue weighted by Crippen LogP contribution is 2.27. The van der Waals surface area contributed by atoms with Crippen LogP contribution in [0.3, 0.4) is 0 Å². The molecule has 1 aliphatic rings. The summed E-state index contributed by atoms with van der Waals surface area (Å²) >= 11 is 1.47. The molecule has 16 heavy (non-hydrogen) atoms. The van der Waals surface area contributed by atoms with Crippen LogP contribution in [-0.4, -0.2) is 28.1 Å². The molecule has 1 aromatic rings. The van der Waals surface area contributed by atoms with Crippen LogP contribution in [0.5, 0.6) is 0 Å². The Balaban J connectivity index is 1.73. The fraction of sp³-hybridized carbons (Fsp3) is 0.818. The second kappa shape index (κ2) is 5.59. The largest absolute Gasteiger partial charge is 0.378 e. The molecule has 0 atom stereocenters. The van der Waals surface area contributed by atoms with Crippen LogP contribution in [0.25, 0.3) is 0 Å². The maximum Gasteiger partial charge on any atom is 0.202 e. The van der Waals surface area contributed by atoms with Gasteiger partial charge in [-0.3, -0.25) is 0 Å². The van der Waals surface area contributed by atoms with E-state index in [0.29, 0.717) is 12.1 Å². The monoisotopic (exact) mass is 241 g/mol. The van der Waals surface area contributed by atoms with Crippen molar-refractivity contribution in [3.63, 3.8) is 0 Å². The van der Waals surface area contributed by atoms with Crippen molar-refractivity contribution in [3.8, 4) is 0 Å². The molecule has 0 spiro atoms. The molecule has 1 fully saturated rings. The number of nitrogens with one attached hydrogen (secondary N) is 1. The highest BCUT2D eigenvalue weighted by Gasteiger charge is 2.29. The van der Waals surface area contributed by atoms with Gasteiger partial charge in [-0.25, -0.2) is 4.98 Å². The Bertz CT molecular complexity index is 323. The van der Waals surface area contributed by atoms with E-state index in [0.717, 1.165) is 43.2 Å². The van der Waals surface area contributed by atoms with Gasteiger partial charge in [0.15, 0.2) is 0 Å². The van der Waals surface area contributed by atoms with Crippen molar-refractivity contribution in [3.05, 3.63) is 5.82 Å². The first-order chi connectivity index (χ1) is 7.81. The van der Waals surface area contributed by atoms with Gasteiger partial charge in [0.05, 0.1) is 6.10 Å². The zero-order chi connectivity index (χ0) is 11.4. The Kier molecular flexibility index (Phi) is 4.12. The normalized spacial score (nSPS) is 24.1. The van der Waals surface area contributed by atoms with E-state index in [-0.39, 0.29) is 0 Å². The molecule has 4 nitrogen and oxygen atoms in total. The maximum atomic E-state index is 5.52. The first kappa shape index (κ1) is 11.8. The zero-order valence-electron chi connectivity index (χ0n) is 9.90. The van der Waals surface area contributed by atoms with Gasteiger partial charge in [-0.1, -0.05) is 6.92 Å². The molecule has 0 unspecified atom stereocenters. The van der Waals surface area contributed by atoms with Gasteiger partial charge in [-0.2, -0.15) is 4.37 Å². The molecule has 0 bridgehead atoms. The van der Waals surface area contributed by atoms with Crippen LogP contribution in [0.1, 0.15) is 38.9 Å². The van der Waals surface area contributed by atoms with E-state index in [9.17, 15) is 0 Å². The fourth-order valence-corrected chi connectivity index (χ4v) is 2.56. The lowest BCUT2D eigenvalue weighted by Crippen LogP contribution is -2.40. The molecule has 0 radical (unpaired) electrons. The summed E-state index contributed by atoms with van der Waals surface area (Å²) in [6.07, 6.45) is 4.72. The van der Waals surface area contributed by atoms with E-state index in [4.69, 9.17) is 4.74 Å². The van der Waals surface area contributed by atoms with Crippen LogP contribution < -0.4 is 5.32 Å². The number of aryl methyl sites for hydroxylation is 1. The predicted molar refractivity (Wildman–Crippen MR) is 66.0 cm³/mol. The Morgan fingerprint density at radius 2 is 2.25 bits per heavy atom. The van der Waals surface area contributed by atoms with Crippen LogP contribution in [0.2, 0.25) is 0 Å². The SMILES string of the molecule is CCCc1nsc(NC2CC(OCC)C2)n1. The van der Waals surface area contributed by atoms with E-state index in [1.165, 1.54) is 11.5 Å². The van der Waals surface area contributed by atoms with Crippen LogP contribution in [0.4, 0.5) is 5.13 Å². The average molecular weight is 241 g/mol. The Hall–Kier alpha value is -0.680. The van der Waals surface area contributed by atoms with Gasteiger partial charge < -0.3 is 10.1 Å². The number of hydrogen-bond donors (Lipinski definition) is 1. The maximum absolute atomic E-state index is 5.52. The molecule has 1 saturated carbocycles. The van der Waals surface area contributed by atoms with Gasteiger partial charge in [0.25, 0.3) is 0 Å². The Morgan fingerprint density at radius 3 is 2.94 bits per heavy atom. The molecule has 1 heterocycles. The molecule has 1 aromatic heterocycles. The second-order valence-electron chi connectivity index (χ2n) is 4.16. The van der Waals surface area contributed by atoms with Gasteiger partial charge in [0.2, 0.25) is 5.13 Å². The van der Waals surface area contributed by atoms with Crippen LogP contribution in [0, 0.1) is 0 Å². The number of hydrogen-bond acceptors (Lipinski definition) is 5. The molecule has 0 amide bonds. The van der Waals surface area contributed by atoms with Crippen molar-refractivity contribution in [2.45, 2.75) is 51.7 Å². The number of nitrogens with zero attached hydrogens (tertiary/aromatic N) is 2. The van der Waals surface area contributed by atoms with Crippen LogP contribution in [0.15, 0.2) is 0 Å². The molecule has 1 aliphatic carbocycles. The lowest BCUT2D eigenvalue weighted by atomic mass is 9.89. The number of rotatable bonds is 6. The van der Waals surface area contributed by atoms with E-state index in [1.54, 1.807) is 0 Å². The van der Waals surface area contributed by atoms with E-state index in [1.807, 2.05) is 6.92 Å². The summed E-state index contributed by atoms with van der Waals surface area (Å²) in [5, 5.41) is 4.37. The van der Waals surface area contributed by atoms with Gasteiger partial charge in [-0.05, 0) is 26.2 Å². The Morgan fingerprint density at radius 1 is 1.44 bits per heavy atom. The molecule has 0 saturated heterocycles.